The number of hydrogen-bond donors (Lipinski definition) is 0. The number of alkyl halides is 3. The molecule has 0 saturated heterocycles. The molecule has 0 spiro atoms. The van der Waals surface area contributed by atoms with E-state index in [0.717, 1.165) is 12.1 Å². The van der Waals surface area contributed by atoms with E-state index in [9.17, 15) is 18.0 Å². The van der Waals surface area contributed by atoms with Crippen molar-refractivity contribution in [2.24, 2.45) is 0 Å². The van der Waals surface area contributed by atoms with Crippen molar-refractivity contribution in [3.05, 3.63) is 70.6 Å². The van der Waals surface area contributed by atoms with Gasteiger partial charge < -0.3 is 4.42 Å². The third-order valence-electron chi connectivity index (χ3n) is 3.63. The second-order valence-electron chi connectivity index (χ2n) is 5.03. The van der Waals surface area contributed by atoms with E-state index in [-0.39, 0.29) is 27.7 Å². The summed E-state index contributed by atoms with van der Waals surface area (Å²) in [5.74, 6) is 0.240. The lowest BCUT2D eigenvalue weighted by molar-refractivity contribution is -0.137. The highest BCUT2D eigenvalue weighted by Crippen LogP contribution is 2.32. The predicted octanol–water partition coefficient (Wildman–Crippen LogP) is 5.25. The summed E-state index contributed by atoms with van der Waals surface area (Å²) in [4.78, 5) is 12.5. The molecule has 0 radical (unpaired) electrons. The number of halogens is 3. The Morgan fingerprint density at radius 1 is 1.00 bits per heavy atom. The van der Waals surface area contributed by atoms with Gasteiger partial charge in [0.05, 0.1) is 16.5 Å². The minimum absolute atomic E-state index is 0.210. The molecular weight excluding hydrogens is 305 g/mol. The van der Waals surface area contributed by atoms with E-state index in [0.29, 0.717) is 10.8 Å². The zero-order valence-electron chi connectivity index (χ0n) is 11.9. The van der Waals surface area contributed by atoms with Gasteiger partial charge in [-0.15, -0.1) is 0 Å². The Hall–Kier alpha value is -2.82. The van der Waals surface area contributed by atoms with Gasteiger partial charge in [0.2, 0.25) is 5.43 Å². The molecule has 116 valence electrons. The molecule has 2 aromatic carbocycles. The van der Waals surface area contributed by atoms with Gasteiger partial charge in [0.15, 0.2) is 0 Å². The fraction of sp³-hybridized carbons (Fsp3) is 0.0556. The lowest BCUT2D eigenvalue weighted by atomic mass is 10.0. The molecule has 0 aliphatic carbocycles. The van der Waals surface area contributed by atoms with Crippen molar-refractivity contribution in [2.45, 2.75) is 6.18 Å². The summed E-state index contributed by atoms with van der Waals surface area (Å²) in [5.41, 5.74) is -0.558. The third-order valence-corrected chi connectivity index (χ3v) is 3.63. The van der Waals surface area contributed by atoms with Crippen LogP contribution in [0, 0.1) is 0 Å². The van der Waals surface area contributed by atoms with Crippen LogP contribution in [0.3, 0.4) is 0 Å². The van der Waals surface area contributed by atoms with Gasteiger partial charge >= 0.3 is 6.18 Å². The molecule has 0 saturated carbocycles. The first-order valence-corrected chi connectivity index (χ1v) is 6.72. The van der Waals surface area contributed by atoms with Gasteiger partial charge in [-0.1, -0.05) is 25.3 Å². The van der Waals surface area contributed by atoms with E-state index in [4.69, 9.17) is 4.42 Å². The van der Waals surface area contributed by atoms with Crippen LogP contribution in [0.4, 0.5) is 13.2 Å². The second kappa shape index (κ2) is 5.12. The van der Waals surface area contributed by atoms with Gasteiger partial charge in [0.25, 0.3) is 0 Å². The molecule has 3 rings (SSSR count). The van der Waals surface area contributed by atoms with Crippen LogP contribution in [0.5, 0.6) is 0 Å². The van der Waals surface area contributed by atoms with E-state index in [1.165, 1.54) is 30.4 Å². The average Bonchev–Trinajstić information content (AvgIpc) is 2.51. The molecule has 2 nitrogen and oxygen atoms in total. The molecule has 0 amide bonds. The predicted molar refractivity (Wildman–Crippen MR) is 85.2 cm³/mol. The molecule has 0 N–H and O–H groups in total. The third kappa shape index (κ3) is 2.44. The zero-order chi connectivity index (χ0) is 16.8. The van der Waals surface area contributed by atoms with Crippen molar-refractivity contribution in [2.75, 3.05) is 0 Å². The maximum atomic E-state index is 12.8. The molecule has 0 bridgehead atoms. The second-order valence-corrected chi connectivity index (χ2v) is 5.03. The number of hydrogen-bond acceptors (Lipinski definition) is 2. The van der Waals surface area contributed by atoms with Crippen molar-refractivity contribution in [3.8, 4) is 0 Å². The lowest BCUT2D eigenvalue weighted by Gasteiger charge is -2.09. The Morgan fingerprint density at radius 3 is 2.35 bits per heavy atom. The van der Waals surface area contributed by atoms with Crippen LogP contribution in [0.25, 0.3) is 33.9 Å². The molecule has 0 atom stereocenters. The van der Waals surface area contributed by atoms with Gasteiger partial charge in [-0.3, -0.25) is 4.79 Å². The first-order valence-electron chi connectivity index (χ1n) is 6.72. The summed E-state index contributed by atoms with van der Waals surface area (Å²) in [6, 6.07) is 6.32. The molecule has 5 heteroatoms. The summed E-state index contributed by atoms with van der Waals surface area (Å²) in [7, 11) is 0. The number of benzene rings is 2. The Balaban J connectivity index is 2.40. The highest BCUT2D eigenvalue weighted by Gasteiger charge is 2.30. The molecule has 0 aliphatic heterocycles. The topological polar surface area (TPSA) is 30.2 Å². The quantitative estimate of drug-likeness (QED) is 0.604. The van der Waals surface area contributed by atoms with Crippen LogP contribution in [-0.4, -0.2) is 0 Å². The van der Waals surface area contributed by atoms with Gasteiger partial charge in [0, 0.05) is 0 Å². The maximum absolute atomic E-state index is 12.8. The normalized spacial score (nSPS) is 11.8. The smallest absolute Gasteiger partial charge is 0.416 e. The Bertz CT molecular complexity index is 1010. The van der Waals surface area contributed by atoms with E-state index in [1.54, 1.807) is 0 Å². The number of rotatable bonds is 2. The van der Waals surface area contributed by atoms with Gasteiger partial charge in [-0.25, -0.2) is 0 Å². The molecule has 23 heavy (non-hydrogen) atoms. The SMILES string of the molecule is C=Cc1oc2cc3cc(C(F)(F)F)ccc3cc2c(=O)c1C=C. The molecule has 1 aromatic heterocycles. The van der Waals surface area contributed by atoms with Crippen molar-refractivity contribution >= 4 is 33.9 Å². The summed E-state index contributed by atoms with van der Waals surface area (Å²) in [6.07, 6.45) is -1.68. The largest absolute Gasteiger partial charge is 0.456 e. The van der Waals surface area contributed by atoms with Gasteiger partial charge in [0.1, 0.15) is 11.3 Å². The van der Waals surface area contributed by atoms with E-state index >= 15 is 0 Å². The standard InChI is InChI=1S/C18H11F3O2/c1-3-13-15(4-2)23-16-9-11-7-12(18(19,20)21)6-5-10(11)8-14(16)17(13)22/h3-9H,1-2H2. The van der Waals surface area contributed by atoms with Crippen LogP contribution in [0.1, 0.15) is 16.9 Å². The molecule has 0 unspecified atom stereocenters. The fourth-order valence-corrected chi connectivity index (χ4v) is 2.49. The van der Waals surface area contributed by atoms with Crippen molar-refractivity contribution in [1.82, 2.24) is 0 Å². The zero-order valence-corrected chi connectivity index (χ0v) is 11.9. The van der Waals surface area contributed by atoms with Gasteiger partial charge in [-0.2, -0.15) is 13.2 Å². The molecule has 1 heterocycles. The number of fused-ring (bicyclic) bond motifs is 2. The highest BCUT2D eigenvalue weighted by atomic mass is 19.4. The molecule has 0 aliphatic rings. The molecule has 3 aromatic rings. The summed E-state index contributed by atoms with van der Waals surface area (Å²) < 4.78 is 44.0. The highest BCUT2D eigenvalue weighted by molar-refractivity contribution is 5.96. The van der Waals surface area contributed by atoms with Crippen LogP contribution in [0.15, 0.2) is 52.7 Å². The lowest BCUT2D eigenvalue weighted by Crippen LogP contribution is -2.07. The first kappa shape index (κ1) is 15.1. The van der Waals surface area contributed by atoms with Crippen LogP contribution < -0.4 is 5.43 Å². The van der Waals surface area contributed by atoms with Crippen molar-refractivity contribution in [1.29, 1.82) is 0 Å². The summed E-state index contributed by atoms with van der Waals surface area (Å²) in [6.45, 7) is 7.14. The van der Waals surface area contributed by atoms with Crippen LogP contribution >= 0.6 is 0 Å². The average molecular weight is 316 g/mol. The van der Waals surface area contributed by atoms with Crippen LogP contribution in [-0.2, 0) is 6.18 Å². The maximum Gasteiger partial charge on any atom is 0.416 e. The fourth-order valence-electron chi connectivity index (χ4n) is 2.49. The summed E-state index contributed by atoms with van der Waals surface area (Å²) >= 11 is 0. The van der Waals surface area contributed by atoms with Gasteiger partial charge in [-0.05, 0) is 41.1 Å². The Kier molecular flexibility index (Phi) is 3.36. The van der Waals surface area contributed by atoms with Crippen molar-refractivity contribution in [3.63, 3.8) is 0 Å². The monoisotopic (exact) mass is 316 g/mol. The molecule has 0 fully saturated rings. The van der Waals surface area contributed by atoms with Crippen molar-refractivity contribution < 1.29 is 17.6 Å². The molecular formula is C18H11F3O2. The Labute approximate surface area is 129 Å². The van der Waals surface area contributed by atoms with E-state index in [2.05, 4.69) is 13.2 Å². The minimum atomic E-state index is -4.43. The minimum Gasteiger partial charge on any atom is -0.456 e. The van der Waals surface area contributed by atoms with E-state index < -0.39 is 11.7 Å². The Morgan fingerprint density at radius 2 is 1.74 bits per heavy atom. The van der Waals surface area contributed by atoms with Crippen LogP contribution in [0.2, 0.25) is 0 Å². The summed E-state index contributed by atoms with van der Waals surface area (Å²) in [5, 5.41) is 1.16. The van der Waals surface area contributed by atoms with E-state index in [1.807, 2.05) is 0 Å². The first-order chi connectivity index (χ1) is 10.8.